The Kier molecular flexibility index (Phi) is 8.02. The third kappa shape index (κ3) is 5.92. The molecule has 10 nitrogen and oxygen atoms in total. The van der Waals surface area contributed by atoms with Crippen LogP contribution in [0.5, 0.6) is 0 Å². The number of carbonyl (C=O) groups is 2. The lowest BCUT2D eigenvalue weighted by Crippen LogP contribution is -2.38. The highest BCUT2D eigenvalue weighted by molar-refractivity contribution is 6.30. The largest absolute Gasteiger partial charge is 0.330 e. The maximum absolute atomic E-state index is 13.8. The van der Waals surface area contributed by atoms with Gasteiger partial charge in [-0.1, -0.05) is 30.2 Å². The molecule has 3 aromatic heterocycles. The second-order valence-corrected chi connectivity index (χ2v) is 11.2. The average molecular weight is 607 g/mol. The van der Waals surface area contributed by atoms with Crippen LogP contribution < -0.4 is 5.32 Å². The number of alkyl halides is 2. The van der Waals surface area contributed by atoms with Crippen LogP contribution in [0.1, 0.15) is 49.9 Å². The van der Waals surface area contributed by atoms with Crippen molar-refractivity contribution < 1.29 is 18.4 Å². The van der Waals surface area contributed by atoms with Crippen LogP contribution in [0.25, 0.3) is 22.5 Å². The molecule has 2 aliphatic heterocycles. The minimum atomic E-state index is -2.63. The van der Waals surface area contributed by atoms with E-state index < -0.39 is 13.0 Å². The van der Waals surface area contributed by atoms with Gasteiger partial charge in [0, 0.05) is 40.9 Å². The predicted molar refractivity (Wildman–Crippen MR) is 157 cm³/mol. The Morgan fingerprint density at radius 2 is 2.00 bits per heavy atom. The van der Waals surface area contributed by atoms with Gasteiger partial charge in [0.25, 0.3) is 6.43 Å². The lowest BCUT2D eigenvalue weighted by Gasteiger charge is -2.34. The first-order valence-electron chi connectivity index (χ1n) is 14.1. The number of carbonyl (C=O) groups excluding carboxylic acids is 2. The molecule has 6 rings (SSSR count). The van der Waals surface area contributed by atoms with Crippen LogP contribution in [0.15, 0.2) is 61.2 Å². The minimum Gasteiger partial charge on any atom is -0.330 e. The van der Waals surface area contributed by atoms with Crippen molar-refractivity contribution in [2.24, 2.45) is 5.92 Å². The van der Waals surface area contributed by atoms with E-state index in [0.29, 0.717) is 59.9 Å². The average Bonchev–Trinajstić information content (AvgIpc) is 3.65. The molecule has 0 spiro atoms. The monoisotopic (exact) mass is 606 g/mol. The van der Waals surface area contributed by atoms with E-state index in [0.717, 1.165) is 16.8 Å². The van der Waals surface area contributed by atoms with Gasteiger partial charge in [-0.15, -0.1) is 5.10 Å². The molecule has 1 aromatic carbocycles. The maximum Gasteiger partial charge on any atom is 0.257 e. The molecule has 2 unspecified atom stereocenters. The number of rotatable bonds is 5. The summed E-state index contributed by atoms with van der Waals surface area (Å²) in [5, 5.41) is 15.6. The molecule has 0 saturated carbocycles. The number of aromatic nitrogens is 6. The van der Waals surface area contributed by atoms with Crippen molar-refractivity contribution in [3.05, 3.63) is 77.5 Å². The molecule has 2 bridgehead atoms. The third-order valence-corrected chi connectivity index (χ3v) is 8.15. The van der Waals surface area contributed by atoms with Gasteiger partial charge < -0.3 is 10.2 Å². The van der Waals surface area contributed by atoms with E-state index in [1.54, 1.807) is 52.4 Å². The summed E-state index contributed by atoms with van der Waals surface area (Å²) in [6, 6.07) is 8.55. The first-order chi connectivity index (χ1) is 20.8. The summed E-state index contributed by atoms with van der Waals surface area (Å²) in [5.74, 6) is -0.723. The van der Waals surface area contributed by atoms with Crippen molar-refractivity contribution >= 4 is 34.7 Å². The fraction of sp³-hybridized carbons (Fsp3) is 0.333. The van der Waals surface area contributed by atoms with E-state index in [4.69, 9.17) is 11.6 Å². The van der Waals surface area contributed by atoms with Gasteiger partial charge in [-0.3, -0.25) is 19.3 Å². The second kappa shape index (κ2) is 12.0. The topological polar surface area (TPSA) is 111 Å². The van der Waals surface area contributed by atoms with E-state index in [2.05, 4.69) is 25.7 Å². The van der Waals surface area contributed by atoms with E-state index in [1.807, 2.05) is 19.1 Å². The molecule has 2 amide bonds. The van der Waals surface area contributed by atoms with Crippen molar-refractivity contribution in [3.8, 4) is 16.9 Å². The number of amides is 2. The Bertz CT molecular complexity index is 1690. The molecule has 13 heteroatoms. The Hall–Kier alpha value is -4.45. The SMILES string of the molecule is CC1CCCC(N2CCC(c3cc(Cl)ccc3-n3ccnn3)=CC2=O)c2cc(ccn2)-c2c(cnn2CC(F)F)NC1=O. The molecule has 0 saturated heterocycles. The Labute approximate surface area is 251 Å². The van der Waals surface area contributed by atoms with Gasteiger partial charge in [0.2, 0.25) is 11.8 Å². The van der Waals surface area contributed by atoms with Crippen LogP contribution in [0.3, 0.4) is 0 Å². The number of hydrogen-bond acceptors (Lipinski definition) is 6. The molecule has 0 aliphatic carbocycles. The van der Waals surface area contributed by atoms with Crippen LogP contribution in [-0.4, -0.2) is 59.4 Å². The molecule has 0 radical (unpaired) electrons. The van der Waals surface area contributed by atoms with Crippen molar-refractivity contribution in [2.75, 3.05) is 11.9 Å². The zero-order chi connectivity index (χ0) is 30.1. The molecule has 1 N–H and O–H groups in total. The first-order valence-corrected chi connectivity index (χ1v) is 14.4. The second-order valence-electron chi connectivity index (χ2n) is 10.7. The smallest absolute Gasteiger partial charge is 0.257 e. The third-order valence-electron chi connectivity index (χ3n) is 7.92. The van der Waals surface area contributed by atoms with Crippen molar-refractivity contribution in [2.45, 2.75) is 51.6 Å². The standard InChI is InChI=1S/C30H29ClF2N8O2/c1-18-3-2-4-26(23-13-20(7-9-34-23)29-24(37-30(18)43)16-36-41(29)17-27(32)33)39-11-8-19(14-28(39)42)22-15-21(31)5-6-25(22)40-12-10-35-38-40/h5-7,9-10,12-16,18,26-27H,2-4,8,11,17H2,1H3,(H,37,43). The summed E-state index contributed by atoms with van der Waals surface area (Å²) >= 11 is 6.35. The van der Waals surface area contributed by atoms with Gasteiger partial charge in [-0.25, -0.2) is 13.5 Å². The van der Waals surface area contributed by atoms with E-state index >= 15 is 0 Å². The van der Waals surface area contributed by atoms with Crippen LogP contribution in [0.2, 0.25) is 5.02 Å². The summed E-state index contributed by atoms with van der Waals surface area (Å²) in [6.45, 7) is 1.63. The fourth-order valence-electron chi connectivity index (χ4n) is 5.78. The zero-order valence-corrected chi connectivity index (χ0v) is 24.1. The van der Waals surface area contributed by atoms with Crippen molar-refractivity contribution in [3.63, 3.8) is 0 Å². The van der Waals surface area contributed by atoms with E-state index in [1.165, 1.54) is 10.9 Å². The Balaban J connectivity index is 1.37. The van der Waals surface area contributed by atoms with Gasteiger partial charge in [-0.2, -0.15) is 5.10 Å². The fourth-order valence-corrected chi connectivity index (χ4v) is 5.95. The minimum absolute atomic E-state index is 0.177. The zero-order valence-electron chi connectivity index (χ0n) is 23.3. The van der Waals surface area contributed by atoms with Crippen LogP contribution in [-0.2, 0) is 16.1 Å². The molecule has 2 aliphatic rings. The van der Waals surface area contributed by atoms with Crippen LogP contribution >= 0.6 is 11.6 Å². The highest BCUT2D eigenvalue weighted by Crippen LogP contribution is 2.37. The molecule has 43 heavy (non-hydrogen) atoms. The van der Waals surface area contributed by atoms with Gasteiger partial charge in [0.15, 0.2) is 0 Å². The number of anilines is 1. The number of pyridine rings is 1. The molecule has 5 heterocycles. The van der Waals surface area contributed by atoms with E-state index in [9.17, 15) is 18.4 Å². The van der Waals surface area contributed by atoms with Gasteiger partial charge >= 0.3 is 0 Å². The summed E-state index contributed by atoms with van der Waals surface area (Å²) in [6.07, 6.45) is 7.70. The summed E-state index contributed by atoms with van der Waals surface area (Å²) in [5.41, 5.74) is 4.34. The summed E-state index contributed by atoms with van der Waals surface area (Å²) < 4.78 is 29.7. The Morgan fingerprint density at radius 3 is 2.77 bits per heavy atom. The van der Waals surface area contributed by atoms with Crippen molar-refractivity contribution in [1.29, 1.82) is 0 Å². The van der Waals surface area contributed by atoms with E-state index in [-0.39, 0.29) is 23.8 Å². The van der Waals surface area contributed by atoms with Crippen LogP contribution in [0.4, 0.5) is 14.5 Å². The number of benzene rings is 1. The molecule has 222 valence electrons. The number of nitrogens with one attached hydrogen (secondary N) is 1. The Morgan fingerprint density at radius 1 is 1.14 bits per heavy atom. The number of nitrogens with zero attached hydrogens (tertiary/aromatic N) is 7. The summed E-state index contributed by atoms with van der Waals surface area (Å²) in [4.78, 5) is 33.2. The molecule has 2 atom stereocenters. The summed E-state index contributed by atoms with van der Waals surface area (Å²) in [7, 11) is 0. The molecule has 4 aromatic rings. The molecular weight excluding hydrogens is 578 g/mol. The molecular formula is C30H29ClF2N8O2. The first kappa shape index (κ1) is 28.7. The lowest BCUT2D eigenvalue weighted by atomic mass is 9.93. The number of fused-ring (bicyclic) bond motifs is 4. The molecule has 0 fully saturated rings. The van der Waals surface area contributed by atoms with Gasteiger partial charge in [-0.05, 0) is 55.2 Å². The lowest BCUT2D eigenvalue weighted by molar-refractivity contribution is -0.129. The number of halogens is 3. The quantitative estimate of drug-likeness (QED) is 0.318. The van der Waals surface area contributed by atoms with Crippen LogP contribution in [0, 0.1) is 5.92 Å². The highest BCUT2D eigenvalue weighted by atomic mass is 35.5. The normalized spacial score (nSPS) is 19.4. The number of hydrogen-bond donors (Lipinski definition) is 1. The maximum atomic E-state index is 13.8. The highest BCUT2D eigenvalue weighted by Gasteiger charge is 2.31. The van der Waals surface area contributed by atoms with Gasteiger partial charge in [0.05, 0.1) is 47.4 Å². The van der Waals surface area contributed by atoms with Gasteiger partial charge in [0.1, 0.15) is 6.54 Å². The van der Waals surface area contributed by atoms with Crippen molar-refractivity contribution in [1.82, 2.24) is 34.7 Å². The predicted octanol–water partition coefficient (Wildman–Crippen LogP) is 5.56.